The molecule has 0 saturated heterocycles. The Morgan fingerprint density at radius 3 is 2.41 bits per heavy atom. The lowest BCUT2D eigenvalue weighted by Gasteiger charge is -2.47. The number of nitrogens with zero attached hydrogens (tertiary/aromatic N) is 1. The number of phenolic OH excluding ortho intramolecular Hbond substituents is 1. The average molecular weight is 491 g/mol. The van der Waals surface area contributed by atoms with Crippen molar-refractivity contribution in [3.8, 4) is 5.75 Å². The van der Waals surface area contributed by atoms with E-state index in [1.165, 1.54) is 7.11 Å². The summed E-state index contributed by atoms with van der Waals surface area (Å²) in [6.07, 6.45) is 0.259. The van der Waals surface area contributed by atoms with Crippen molar-refractivity contribution in [1.82, 2.24) is 5.43 Å². The van der Waals surface area contributed by atoms with Crippen LogP contribution in [0.1, 0.15) is 42.7 Å². The number of ether oxygens (including phenoxy) is 3. The van der Waals surface area contributed by atoms with E-state index in [2.05, 4.69) is 34.9 Å². The average Bonchev–Trinajstić information content (AvgIpc) is 2.79. The highest BCUT2D eigenvalue weighted by Crippen LogP contribution is 2.55. The summed E-state index contributed by atoms with van der Waals surface area (Å²) >= 11 is 0. The van der Waals surface area contributed by atoms with Crippen LogP contribution in [0.25, 0.3) is 0 Å². The molecule has 0 radical (unpaired) electrons. The molecule has 0 aromatic heterocycles. The molecule has 3 aliphatic rings. The van der Waals surface area contributed by atoms with Crippen LogP contribution >= 0.6 is 0 Å². The first kappa shape index (κ1) is 25.7. The first-order valence-electron chi connectivity index (χ1n) is 11.6. The Bertz CT molecular complexity index is 973. The molecule has 10 heteroatoms. The van der Waals surface area contributed by atoms with Gasteiger partial charge in [-0.05, 0) is 42.1 Å². The van der Waals surface area contributed by atoms with E-state index < -0.39 is 49.8 Å². The number of methoxy groups -OCH3 is 1. The largest absolute Gasteiger partial charge is 0.508 e. The summed E-state index contributed by atoms with van der Waals surface area (Å²) < 4.78 is 15.8. The summed E-state index contributed by atoms with van der Waals surface area (Å²) in [6, 6.07) is 5.77. The van der Waals surface area contributed by atoms with Crippen molar-refractivity contribution in [1.29, 1.82) is 0 Å². The van der Waals surface area contributed by atoms with Crippen molar-refractivity contribution >= 4 is 31.8 Å². The summed E-state index contributed by atoms with van der Waals surface area (Å²) in [4.78, 5) is 38.3. The minimum atomic E-state index is -1.41. The Morgan fingerprint density at radius 2 is 1.76 bits per heavy atom. The SMILES string of the molecule is CCCOC(=O)[C@H]1[C@H](C(=O)OCC[Si](C)(C)C)C2C/C(=N\NC(=O)OC)[C@H]1c1cc(O)ccc12. The second kappa shape index (κ2) is 10.6. The minimum absolute atomic E-state index is 0.0431. The van der Waals surface area contributed by atoms with Crippen LogP contribution < -0.4 is 5.43 Å². The number of amides is 1. The quantitative estimate of drug-likeness (QED) is 0.246. The standard InChI is InChI=1S/C24H34N2O7Si/c1-6-9-32-23(29)21-19-16-12-14(27)7-8-15(16)17(13-18(19)25-26-24(30)31-2)20(21)22(28)33-10-11-34(3,4)5/h7-8,12,17,19-21,27H,6,9-11,13H2,1-5H3,(H,26,30)/b25-18+/t17?,19-,20-,21-/m1/s1. The van der Waals surface area contributed by atoms with Gasteiger partial charge >= 0.3 is 18.0 Å². The molecule has 186 valence electrons. The second-order valence-electron chi connectivity index (χ2n) is 10.0. The van der Waals surface area contributed by atoms with Crippen molar-refractivity contribution in [2.24, 2.45) is 16.9 Å². The number of phenols is 1. The van der Waals surface area contributed by atoms with Crippen LogP contribution in [0.2, 0.25) is 25.7 Å². The van der Waals surface area contributed by atoms with Gasteiger partial charge in [-0.3, -0.25) is 9.59 Å². The highest BCUT2D eigenvalue weighted by Gasteiger charge is 2.57. The van der Waals surface area contributed by atoms with Gasteiger partial charge in [0.1, 0.15) is 5.75 Å². The number of hydrogen-bond donors (Lipinski definition) is 2. The van der Waals surface area contributed by atoms with Crippen molar-refractivity contribution < 1.29 is 33.7 Å². The molecule has 0 aliphatic heterocycles. The smallest absolute Gasteiger partial charge is 0.427 e. The molecule has 1 amide bonds. The molecule has 4 rings (SSSR count). The van der Waals surface area contributed by atoms with Crippen LogP contribution in [0.3, 0.4) is 0 Å². The summed E-state index contributed by atoms with van der Waals surface area (Å²) in [6.45, 7) is 9.04. The van der Waals surface area contributed by atoms with E-state index in [1.807, 2.05) is 6.92 Å². The molecule has 1 unspecified atom stereocenters. The number of aromatic hydroxyl groups is 1. The van der Waals surface area contributed by atoms with Gasteiger partial charge in [0.15, 0.2) is 0 Å². The maximum Gasteiger partial charge on any atom is 0.427 e. The third-order valence-electron chi connectivity index (χ3n) is 6.34. The fourth-order valence-electron chi connectivity index (χ4n) is 4.71. The van der Waals surface area contributed by atoms with Crippen molar-refractivity contribution in [2.75, 3.05) is 20.3 Å². The fourth-order valence-corrected chi connectivity index (χ4v) is 5.43. The van der Waals surface area contributed by atoms with Crippen molar-refractivity contribution in [3.05, 3.63) is 29.3 Å². The van der Waals surface area contributed by atoms with E-state index in [9.17, 15) is 19.5 Å². The lowest BCUT2D eigenvalue weighted by atomic mass is 9.55. The molecule has 9 nitrogen and oxygen atoms in total. The number of fused-ring (bicyclic) bond motifs is 2. The molecular weight excluding hydrogens is 456 g/mol. The fraction of sp³-hybridized carbons (Fsp3) is 0.583. The highest BCUT2D eigenvalue weighted by atomic mass is 28.3. The second-order valence-corrected chi connectivity index (χ2v) is 15.6. The van der Waals surface area contributed by atoms with E-state index >= 15 is 0 Å². The predicted molar refractivity (Wildman–Crippen MR) is 129 cm³/mol. The first-order chi connectivity index (χ1) is 16.1. The molecule has 3 aliphatic carbocycles. The molecule has 2 bridgehead atoms. The number of hydrogen-bond acceptors (Lipinski definition) is 8. The van der Waals surface area contributed by atoms with Crippen LogP contribution in [0, 0.1) is 11.8 Å². The molecule has 1 saturated carbocycles. The minimum Gasteiger partial charge on any atom is -0.508 e. The monoisotopic (exact) mass is 490 g/mol. The molecule has 1 aromatic carbocycles. The van der Waals surface area contributed by atoms with E-state index in [0.717, 1.165) is 11.6 Å². The lowest BCUT2D eigenvalue weighted by molar-refractivity contribution is -0.163. The number of hydrazone groups is 1. The van der Waals surface area contributed by atoms with Crippen LogP contribution in [-0.4, -0.2) is 57.2 Å². The number of benzene rings is 1. The maximum atomic E-state index is 13.4. The van der Waals surface area contributed by atoms with Crippen molar-refractivity contribution in [3.63, 3.8) is 0 Å². The molecule has 4 atom stereocenters. The number of rotatable bonds is 8. The Labute approximate surface area is 200 Å². The summed E-state index contributed by atoms with van der Waals surface area (Å²) in [7, 11) is -0.185. The molecule has 2 N–H and O–H groups in total. The third kappa shape index (κ3) is 5.60. The number of esters is 2. The maximum absolute atomic E-state index is 13.4. The van der Waals surface area contributed by atoms with Gasteiger partial charge in [0.2, 0.25) is 0 Å². The number of nitrogens with one attached hydrogen (secondary N) is 1. The lowest BCUT2D eigenvalue weighted by Crippen LogP contribution is -2.51. The normalized spacial score (nSPS) is 24.3. The summed E-state index contributed by atoms with van der Waals surface area (Å²) in [5.41, 5.74) is 4.42. The van der Waals surface area contributed by atoms with Gasteiger partial charge in [0.25, 0.3) is 0 Å². The van der Waals surface area contributed by atoms with E-state index in [0.29, 0.717) is 30.7 Å². The Balaban J connectivity index is 2.02. The Kier molecular flexibility index (Phi) is 8.01. The molecule has 1 fully saturated rings. The van der Waals surface area contributed by atoms with Gasteiger partial charge in [0.05, 0.1) is 32.2 Å². The van der Waals surface area contributed by atoms with Crippen LogP contribution in [-0.2, 0) is 23.8 Å². The van der Waals surface area contributed by atoms with E-state index in [1.54, 1.807) is 18.2 Å². The zero-order chi connectivity index (χ0) is 25.0. The first-order valence-corrected chi connectivity index (χ1v) is 15.3. The Hall–Kier alpha value is -2.88. The summed E-state index contributed by atoms with van der Waals surface area (Å²) in [5.74, 6) is -3.57. The zero-order valence-electron chi connectivity index (χ0n) is 20.4. The van der Waals surface area contributed by atoms with Gasteiger partial charge in [0, 0.05) is 25.6 Å². The van der Waals surface area contributed by atoms with Gasteiger partial charge in [-0.2, -0.15) is 5.10 Å². The molecule has 0 heterocycles. The molecular formula is C24H34N2O7Si. The summed E-state index contributed by atoms with van der Waals surface area (Å²) in [5, 5.41) is 14.4. The van der Waals surface area contributed by atoms with Gasteiger partial charge in [-0.15, -0.1) is 0 Å². The van der Waals surface area contributed by atoms with E-state index in [4.69, 9.17) is 9.47 Å². The van der Waals surface area contributed by atoms with Crippen LogP contribution in [0.4, 0.5) is 4.79 Å². The topological polar surface area (TPSA) is 124 Å². The van der Waals surface area contributed by atoms with Gasteiger partial charge in [-0.25, -0.2) is 10.2 Å². The predicted octanol–water partition coefficient (Wildman–Crippen LogP) is 3.76. The van der Waals surface area contributed by atoms with Crippen LogP contribution in [0.5, 0.6) is 5.75 Å². The highest BCUT2D eigenvalue weighted by molar-refractivity contribution is 6.76. The number of carbonyl (C=O) groups excluding carboxylic acids is 3. The van der Waals surface area contributed by atoms with Crippen molar-refractivity contribution in [2.45, 2.75) is 57.3 Å². The third-order valence-corrected chi connectivity index (χ3v) is 8.04. The Morgan fingerprint density at radius 1 is 1.09 bits per heavy atom. The van der Waals surface area contributed by atoms with Crippen LogP contribution in [0.15, 0.2) is 23.3 Å². The molecule has 1 aromatic rings. The van der Waals surface area contributed by atoms with Gasteiger partial charge in [-0.1, -0.05) is 32.6 Å². The number of carbonyl (C=O) groups is 3. The van der Waals surface area contributed by atoms with E-state index in [-0.39, 0.29) is 12.4 Å². The zero-order valence-corrected chi connectivity index (χ0v) is 21.4. The molecule has 34 heavy (non-hydrogen) atoms. The molecule has 0 spiro atoms. The van der Waals surface area contributed by atoms with Gasteiger partial charge < -0.3 is 19.3 Å².